The molecule has 1 atom stereocenters. The number of hydrogen-bond acceptors (Lipinski definition) is 8. The van der Waals surface area contributed by atoms with Gasteiger partial charge in [-0.25, -0.2) is 28.7 Å². The number of halogens is 3. The summed E-state index contributed by atoms with van der Waals surface area (Å²) in [5.41, 5.74) is 12.6. The first kappa shape index (κ1) is 21.5. The number of pyridine rings is 2. The lowest BCUT2D eigenvalue weighted by atomic mass is 9.74. The van der Waals surface area contributed by atoms with E-state index in [1.54, 1.807) is 18.5 Å². The number of nitrogen functional groups attached to an aromatic ring is 1. The highest BCUT2D eigenvalue weighted by molar-refractivity contribution is 7.99. The van der Waals surface area contributed by atoms with E-state index in [0.29, 0.717) is 47.1 Å². The molecule has 1 aliphatic carbocycles. The summed E-state index contributed by atoms with van der Waals surface area (Å²) in [5.74, 6) is -1.66. The number of piperidine rings is 1. The zero-order valence-electron chi connectivity index (χ0n) is 17.1. The summed E-state index contributed by atoms with van der Waals surface area (Å²) in [6.07, 6.45) is 4.21. The summed E-state index contributed by atoms with van der Waals surface area (Å²) in [5, 5.41) is 1.10. The van der Waals surface area contributed by atoms with Crippen LogP contribution in [0.4, 0.5) is 20.4 Å². The molecule has 1 aliphatic heterocycles. The molecule has 1 saturated carbocycles. The molecular weight excluding hydrogens is 456 g/mol. The van der Waals surface area contributed by atoms with Crippen LogP contribution < -0.4 is 16.4 Å². The van der Waals surface area contributed by atoms with Crippen molar-refractivity contribution >= 4 is 46.2 Å². The van der Waals surface area contributed by atoms with Crippen LogP contribution in [-0.4, -0.2) is 45.0 Å². The van der Waals surface area contributed by atoms with E-state index in [-0.39, 0.29) is 18.7 Å². The van der Waals surface area contributed by atoms with Gasteiger partial charge in [0.1, 0.15) is 22.2 Å². The molecule has 3 aromatic rings. The molecule has 32 heavy (non-hydrogen) atoms. The first-order chi connectivity index (χ1) is 15.2. The fraction of sp³-hybridized carbons (Fsp3) is 0.429. The summed E-state index contributed by atoms with van der Waals surface area (Å²) in [6, 6.07) is 5.03. The van der Waals surface area contributed by atoms with Crippen LogP contribution in [0.1, 0.15) is 25.7 Å². The maximum atomic E-state index is 13.9. The van der Waals surface area contributed by atoms with Gasteiger partial charge in [0.05, 0.1) is 11.2 Å². The molecule has 11 heteroatoms. The minimum atomic E-state index is -2.65. The molecule has 3 aromatic heterocycles. The number of rotatable bonds is 3. The number of fused-ring (bicyclic) bond motifs is 1. The van der Waals surface area contributed by atoms with Gasteiger partial charge in [-0.15, -0.1) is 0 Å². The van der Waals surface area contributed by atoms with Crippen LogP contribution in [0.5, 0.6) is 0 Å². The topological polar surface area (TPSA) is 107 Å². The molecule has 1 spiro atoms. The lowest BCUT2D eigenvalue weighted by Crippen LogP contribution is -2.47. The van der Waals surface area contributed by atoms with Gasteiger partial charge in [0.25, 0.3) is 0 Å². The highest BCUT2D eigenvalue weighted by Crippen LogP contribution is 2.52. The SMILES string of the molecule is Nc1nccc(Sc2ccc3nc(N4CCC5(CC4)CC(F)(F)CC5N)cnc3n2)c1Cl. The third kappa shape index (κ3) is 3.95. The van der Waals surface area contributed by atoms with Crippen LogP contribution in [0.25, 0.3) is 11.2 Å². The predicted molar refractivity (Wildman–Crippen MR) is 121 cm³/mol. The van der Waals surface area contributed by atoms with Gasteiger partial charge in [0.2, 0.25) is 5.92 Å². The smallest absolute Gasteiger partial charge is 0.250 e. The molecule has 0 amide bonds. The van der Waals surface area contributed by atoms with Crippen molar-refractivity contribution in [3.8, 4) is 0 Å². The predicted octanol–water partition coefficient (Wildman–Crippen LogP) is 4.15. The molecule has 4 heterocycles. The lowest BCUT2D eigenvalue weighted by molar-refractivity contribution is -0.00683. The van der Waals surface area contributed by atoms with Crippen molar-refractivity contribution in [2.24, 2.45) is 11.1 Å². The number of aromatic nitrogens is 4. The Kier molecular flexibility index (Phi) is 5.34. The molecule has 0 bridgehead atoms. The first-order valence-electron chi connectivity index (χ1n) is 10.3. The normalized spacial score (nSPS) is 22.0. The average Bonchev–Trinajstić information content (AvgIpc) is 2.99. The fourth-order valence-corrected chi connectivity index (χ4v) is 5.75. The quantitative estimate of drug-likeness (QED) is 0.579. The van der Waals surface area contributed by atoms with Crippen LogP contribution in [0.2, 0.25) is 5.02 Å². The van der Waals surface area contributed by atoms with Gasteiger partial charge in [-0.1, -0.05) is 23.4 Å². The maximum Gasteiger partial charge on any atom is 0.250 e. The van der Waals surface area contributed by atoms with Crippen LogP contribution in [0, 0.1) is 5.41 Å². The Balaban J connectivity index is 1.32. The van der Waals surface area contributed by atoms with E-state index in [1.807, 2.05) is 12.1 Å². The Morgan fingerprint density at radius 1 is 1.12 bits per heavy atom. The molecule has 2 fully saturated rings. The third-order valence-electron chi connectivity index (χ3n) is 6.46. The van der Waals surface area contributed by atoms with Gasteiger partial charge in [-0.05, 0) is 36.5 Å². The number of nitrogens with two attached hydrogens (primary N) is 2. The van der Waals surface area contributed by atoms with E-state index in [4.69, 9.17) is 28.1 Å². The van der Waals surface area contributed by atoms with E-state index < -0.39 is 17.4 Å². The number of alkyl halides is 2. The zero-order valence-corrected chi connectivity index (χ0v) is 18.7. The highest BCUT2D eigenvalue weighted by atomic mass is 35.5. The first-order valence-corrected chi connectivity index (χ1v) is 11.5. The standard InChI is InChI=1S/C21H22ClF2N7S/c22-17-13(3-6-27-18(17)26)32-16-2-1-12-19(30-16)28-10-15(29-12)31-7-4-20(5-8-31)11-21(23,24)9-14(20)25/h1-3,6,10,14H,4-5,7-9,11,25H2,(H2,26,27). The second-order valence-corrected chi connectivity index (χ2v) is 9.96. The van der Waals surface area contributed by atoms with E-state index in [9.17, 15) is 8.78 Å². The second-order valence-electron chi connectivity index (χ2n) is 8.52. The van der Waals surface area contributed by atoms with Crippen molar-refractivity contribution in [1.82, 2.24) is 19.9 Å². The zero-order chi connectivity index (χ0) is 22.5. The largest absolute Gasteiger partial charge is 0.382 e. The molecular formula is C21H22ClF2N7S. The number of nitrogens with zero attached hydrogens (tertiary/aromatic N) is 5. The summed E-state index contributed by atoms with van der Waals surface area (Å²) in [7, 11) is 0. The fourth-order valence-electron chi connectivity index (χ4n) is 4.70. The maximum absolute atomic E-state index is 13.9. The molecule has 168 valence electrons. The second kappa shape index (κ2) is 7.93. The molecule has 7 nitrogen and oxygen atoms in total. The molecule has 0 aromatic carbocycles. The van der Waals surface area contributed by atoms with E-state index >= 15 is 0 Å². The summed E-state index contributed by atoms with van der Waals surface area (Å²) >= 11 is 7.59. The van der Waals surface area contributed by atoms with Gasteiger partial charge < -0.3 is 16.4 Å². The lowest BCUT2D eigenvalue weighted by Gasteiger charge is -2.42. The summed E-state index contributed by atoms with van der Waals surface area (Å²) in [6.45, 7) is 1.26. The Morgan fingerprint density at radius 3 is 2.62 bits per heavy atom. The Bertz CT molecular complexity index is 1170. The summed E-state index contributed by atoms with van der Waals surface area (Å²) in [4.78, 5) is 20.5. The van der Waals surface area contributed by atoms with Gasteiger partial charge in [-0.3, -0.25) is 0 Å². The summed E-state index contributed by atoms with van der Waals surface area (Å²) < 4.78 is 27.8. The van der Waals surface area contributed by atoms with Crippen molar-refractivity contribution in [1.29, 1.82) is 0 Å². The van der Waals surface area contributed by atoms with Crippen molar-refractivity contribution in [2.75, 3.05) is 23.7 Å². The van der Waals surface area contributed by atoms with Gasteiger partial charge in [0.15, 0.2) is 5.65 Å². The van der Waals surface area contributed by atoms with Crippen molar-refractivity contribution in [3.05, 3.63) is 35.6 Å². The molecule has 0 radical (unpaired) electrons. The van der Waals surface area contributed by atoms with Gasteiger partial charge >= 0.3 is 0 Å². The minimum absolute atomic E-state index is 0.115. The van der Waals surface area contributed by atoms with E-state index in [0.717, 1.165) is 10.7 Å². The highest BCUT2D eigenvalue weighted by Gasteiger charge is 2.55. The van der Waals surface area contributed by atoms with Crippen molar-refractivity contribution < 1.29 is 8.78 Å². The molecule has 5 rings (SSSR count). The van der Waals surface area contributed by atoms with Crippen LogP contribution in [0.3, 0.4) is 0 Å². The molecule has 1 unspecified atom stereocenters. The Labute approximate surface area is 193 Å². The van der Waals surface area contributed by atoms with E-state index in [2.05, 4.69) is 19.9 Å². The van der Waals surface area contributed by atoms with Crippen LogP contribution in [0.15, 0.2) is 40.5 Å². The number of anilines is 2. The van der Waals surface area contributed by atoms with Gasteiger partial charge in [0, 0.05) is 43.1 Å². The molecule has 1 saturated heterocycles. The van der Waals surface area contributed by atoms with Crippen molar-refractivity contribution in [3.63, 3.8) is 0 Å². The number of hydrogen-bond donors (Lipinski definition) is 2. The molecule has 4 N–H and O–H groups in total. The van der Waals surface area contributed by atoms with Crippen molar-refractivity contribution in [2.45, 2.75) is 47.6 Å². The van der Waals surface area contributed by atoms with Gasteiger partial charge in [-0.2, -0.15) is 0 Å². The van der Waals surface area contributed by atoms with Crippen LogP contribution >= 0.6 is 23.4 Å². The van der Waals surface area contributed by atoms with E-state index in [1.165, 1.54) is 11.8 Å². The monoisotopic (exact) mass is 477 g/mol. The molecule has 2 aliphatic rings. The Hall–Kier alpha value is -2.30. The van der Waals surface area contributed by atoms with Crippen LogP contribution in [-0.2, 0) is 0 Å². The average molecular weight is 478 g/mol. The Morgan fingerprint density at radius 2 is 1.91 bits per heavy atom. The minimum Gasteiger partial charge on any atom is -0.382 e. The third-order valence-corrected chi connectivity index (χ3v) is 7.97.